The summed E-state index contributed by atoms with van der Waals surface area (Å²) in [6.07, 6.45) is 0. The molecular formula is C29H22N2. The third-order valence-corrected chi connectivity index (χ3v) is 6.43. The molecule has 31 heavy (non-hydrogen) atoms. The van der Waals surface area contributed by atoms with Crippen LogP contribution in [0.4, 0.5) is 0 Å². The first-order chi connectivity index (χ1) is 15.1. The lowest BCUT2D eigenvalue weighted by Gasteiger charge is -2.24. The molecule has 1 aliphatic rings. The Bertz CT molecular complexity index is 1430. The van der Waals surface area contributed by atoms with E-state index in [2.05, 4.69) is 92.7 Å². The minimum absolute atomic E-state index is 0.185. The highest BCUT2D eigenvalue weighted by atomic mass is 14.9. The molecule has 0 saturated carbocycles. The smallest absolute Gasteiger partial charge is 0.160 e. The summed E-state index contributed by atoms with van der Waals surface area (Å²) < 4.78 is 0. The number of nitrogens with zero attached hydrogens (tertiary/aromatic N) is 2. The molecule has 0 bridgehead atoms. The highest BCUT2D eigenvalue weighted by Crippen LogP contribution is 2.52. The number of benzene rings is 4. The number of hydrogen-bond donors (Lipinski definition) is 0. The third kappa shape index (κ3) is 2.72. The van der Waals surface area contributed by atoms with E-state index in [4.69, 9.17) is 9.97 Å². The fourth-order valence-corrected chi connectivity index (χ4v) is 4.86. The van der Waals surface area contributed by atoms with Crippen LogP contribution in [-0.4, -0.2) is 9.97 Å². The lowest BCUT2D eigenvalue weighted by atomic mass is 9.80. The minimum atomic E-state index is -0.185. The molecule has 5 aromatic rings. The lowest BCUT2D eigenvalue weighted by Crippen LogP contribution is -2.17. The Labute approximate surface area is 182 Å². The first kappa shape index (κ1) is 18.0. The number of hydrogen-bond acceptors (Lipinski definition) is 2. The average molecular weight is 399 g/mol. The predicted molar refractivity (Wildman–Crippen MR) is 128 cm³/mol. The highest BCUT2D eigenvalue weighted by molar-refractivity contribution is 5.94. The normalized spacial score (nSPS) is 13.7. The van der Waals surface area contributed by atoms with Gasteiger partial charge >= 0.3 is 0 Å². The van der Waals surface area contributed by atoms with E-state index in [9.17, 15) is 0 Å². The largest absolute Gasteiger partial charge is 0.228 e. The number of fused-ring (bicyclic) bond motifs is 4. The topological polar surface area (TPSA) is 25.8 Å². The molecule has 4 aromatic carbocycles. The van der Waals surface area contributed by atoms with Crippen molar-refractivity contribution in [3.63, 3.8) is 0 Å². The number of aromatic nitrogens is 2. The highest BCUT2D eigenvalue weighted by Gasteiger charge is 2.40. The van der Waals surface area contributed by atoms with E-state index in [1.807, 2.05) is 18.2 Å². The fraction of sp³-hybridized carbons (Fsp3) is 0.103. The monoisotopic (exact) mass is 398 g/mol. The minimum Gasteiger partial charge on any atom is -0.228 e. The second-order valence-electron chi connectivity index (χ2n) is 8.72. The van der Waals surface area contributed by atoms with Crippen LogP contribution in [0.2, 0.25) is 0 Å². The summed E-state index contributed by atoms with van der Waals surface area (Å²) in [5, 5.41) is 2.51. The summed E-state index contributed by atoms with van der Waals surface area (Å²) in [5.74, 6) is 0.773. The summed E-state index contributed by atoms with van der Waals surface area (Å²) in [6.45, 7) is 4.59. The van der Waals surface area contributed by atoms with Crippen molar-refractivity contribution in [2.24, 2.45) is 0 Å². The van der Waals surface area contributed by atoms with Crippen molar-refractivity contribution in [3.8, 4) is 33.9 Å². The van der Waals surface area contributed by atoms with Crippen LogP contribution in [0.3, 0.4) is 0 Å². The molecule has 2 nitrogen and oxygen atoms in total. The van der Waals surface area contributed by atoms with E-state index in [1.165, 1.54) is 27.5 Å². The molecule has 1 aliphatic carbocycles. The standard InChI is InChI=1S/C29H22N2/c1-29(2)24-18-22-16-10-9-15-21(22)17-23(24)27-25(29)26(19-11-5-3-6-12-19)30-28(31-27)20-13-7-4-8-14-20/h3-18H,1-2H3. The maximum atomic E-state index is 5.14. The molecule has 0 spiro atoms. The SMILES string of the molecule is CC1(C)c2cc3ccccc3cc2-c2nc(-c3ccccc3)nc(-c3ccccc3)c21. The zero-order valence-electron chi connectivity index (χ0n) is 17.6. The van der Waals surface area contributed by atoms with Gasteiger partial charge in [0.1, 0.15) is 0 Å². The van der Waals surface area contributed by atoms with Crippen LogP contribution in [0.25, 0.3) is 44.7 Å². The molecule has 0 atom stereocenters. The van der Waals surface area contributed by atoms with Crippen LogP contribution in [0, 0.1) is 0 Å². The van der Waals surface area contributed by atoms with E-state index in [-0.39, 0.29) is 5.41 Å². The molecular weight excluding hydrogens is 376 g/mol. The van der Waals surface area contributed by atoms with Crippen molar-refractivity contribution < 1.29 is 0 Å². The molecule has 0 N–H and O–H groups in total. The van der Waals surface area contributed by atoms with Gasteiger partial charge in [0.05, 0.1) is 11.4 Å². The van der Waals surface area contributed by atoms with E-state index < -0.39 is 0 Å². The number of rotatable bonds is 2. The van der Waals surface area contributed by atoms with Gasteiger partial charge in [-0.15, -0.1) is 0 Å². The van der Waals surface area contributed by atoms with Gasteiger partial charge in [-0.25, -0.2) is 9.97 Å². The van der Waals surface area contributed by atoms with E-state index in [0.29, 0.717) is 0 Å². The Balaban J connectivity index is 1.72. The molecule has 0 amide bonds. The molecule has 1 aromatic heterocycles. The van der Waals surface area contributed by atoms with Crippen molar-refractivity contribution >= 4 is 10.8 Å². The summed E-state index contributed by atoms with van der Waals surface area (Å²) in [6, 6.07) is 34.0. The van der Waals surface area contributed by atoms with Crippen LogP contribution in [0.1, 0.15) is 25.0 Å². The lowest BCUT2D eigenvalue weighted by molar-refractivity contribution is 0.658. The molecule has 148 valence electrons. The Morgan fingerprint density at radius 3 is 1.81 bits per heavy atom. The molecule has 0 saturated heterocycles. The van der Waals surface area contributed by atoms with Crippen LogP contribution in [-0.2, 0) is 5.41 Å². The Kier molecular flexibility index (Phi) is 3.85. The summed E-state index contributed by atoms with van der Waals surface area (Å²) in [7, 11) is 0. The predicted octanol–water partition coefficient (Wildman–Crippen LogP) is 7.27. The molecule has 6 rings (SSSR count). The first-order valence-electron chi connectivity index (χ1n) is 10.7. The molecule has 0 fully saturated rings. The molecule has 0 radical (unpaired) electrons. The van der Waals surface area contributed by atoms with Gasteiger partial charge in [-0.2, -0.15) is 0 Å². The zero-order valence-corrected chi connectivity index (χ0v) is 17.6. The van der Waals surface area contributed by atoms with Gasteiger partial charge in [-0.05, 0) is 28.5 Å². The maximum Gasteiger partial charge on any atom is 0.160 e. The Hall–Kier alpha value is -3.78. The molecule has 2 heteroatoms. The first-order valence-corrected chi connectivity index (χ1v) is 10.7. The van der Waals surface area contributed by atoms with Crippen LogP contribution < -0.4 is 0 Å². The molecule has 0 aliphatic heterocycles. The van der Waals surface area contributed by atoms with Crippen LogP contribution in [0.5, 0.6) is 0 Å². The average Bonchev–Trinajstić information content (AvgIpc) is 3.04. The maximum absolute atomic E-state index is 5.14. The zero-order chi connectivity index (χ0) is 21.0. The van der Waals surface area contributed by atoms with Gasteiger partial charge in [0.2, 0.25) is 0 Å². The van der Waals surface area contributed by atoms with Crippen molar-refractivity contribution in [1.29, 1.82) is 0 Å². The van der Waals surface area contributed by atoms with Gasteiger partial charge in [0.15, 0.2) is 5.82 Å². The molecule has 1 heterocycles. The van der Waals surface area contributed by atoms with Gasteiger partial charge in [-0.3, -0.25) is 0 Å². The van der Waals surface area contributed by atoms with Crippen molar-refractivity contribution in [2.45, 2.75) is 19.3 Å². The van der Waals surface area contributed by atoms with Gasteiger partial charge in [-0.1, -0.05) is 98.8 Å². The molecule has 0 unspecified atom stereocenters. The van der Waals surface area contributed by atoms with Crippen LogP contribution >= 0.6 is 0 Å². The Morgan fingerprint density at radius 1 is 0.581 bits per heavy atom. The van der Waals surface area contributed by atoms with Crippen LogP contribution in [0.15, 0.2) is 97.1 Å². The summed E-state index contributed by atoms with van der Waals surface area (Å²) >= 11 is 0. The summed E-state index contributed by atoms with van der Waals surface area (Å²) in [5.41, 5.74) is 7.80. The van der Waals surface area contributed by atoms with E-state index in [0.717, 1.165) is 28.3 Å². The summed E-state index contributed by atoms with van der Waals surface area (Å²) in [4.78, 5) is 10.3. The third-order valence-electron chi connectivity index (χ3n) is 6.43. The van der Waals surface area contributed by atoms with Gasteiger partial charge in [0.25, 0.3) is 0 Å². The van der Waals surface area contributed by atoms with Gasteiger partial charge in [0, 0.05) is 27.7 Å². The van der Waals surface area contributed by atoms with E-state index in [1.54, 1.807) is 0 Å². The van der Waals surface area contributed by atoms with Crippen molar-refractivity contribution in [3.05, 3.63) is 108 Å². The van der Waals surface area contributed by atoms with E-state index >= 15 is 0 Å². The van der Waals surface area contributed by atoms with Crippen molar-refractivity contribution in [1.82, 2.24) is 9.97 Å². The fourth-order valence-electron chi connectivity index (χ4n) is 4.86. The van der Waals surface area contributed by atoms with Gasteiger partial charge < -0.3 is 0 Å². The second kappa shape index (κ2) is 6.61. The Morgan fingerprint density at radius 2 is 1.13 bits per heavy atom. The van der Waals surface area contributed by atoms with Crippen molar-refractivity contribution in [2.75, 3.05) is 0 Å². The second-order valence-corrected chi connectivity index (χ2v) is 8.72. The quantitative estimate of drug-likeness (QED) is 0.312.